The molecule has 5 rings (SSSR count). The molecule has 8 heteroatoms. The van der Waals surface area contributed by atoms with E-state index in [2.05, 4.69) is 39.4 Å². The molecule has 4 aromatic rings. The summed E-state index contributed by atoms with van der Waals surface area (Å²) in [5.41, 5.74) is 4.88. The largest absolute Gasteiger partial charge is 0.367 e. The molecule has 2 N–H and O–H groups in total. The van der Waals surface area contributed by atoms with Crippen LogP contribution in [-0.2, 0) is 0 Å². The molecule has 1 saturated carbocycles. The van der Waals surface area contributed by atoms with Gasteiger partial charge in [0.1, 0.15) is 6.33 Å². The second-order valence-corrected chi connectivity index (χ2v) is 8.54. The van der Waals surface area contributed by atoms with Gasteiger partial charge in [-0.1, -0.05) is 26.0 Å². The lowest BCUT2D eigenvalue weighted by Crippen LogP contribution is -2.25. The van der Waals surface area contributed by atoms with E-state index in [0.717, 1.165) is 47.5 Å². The predicted molar refractivity (Wildman–Crippen MR) is 123 cm³/mol. The minimum atomic E-state index is -0.0204. The van der Waals surface area contributed by atoms with Crippen LogP contribution in [0.3, 0.4) is 0 Å². The van der Waals surface area contributed by atoms with Crippen molar-refractivity contribution in [3.63, 3.8) is 0 Å². The summed E-state index contributed by atoms with van der Waals surface area (Å²) in [5.74, 6) is 1.16. The van der Waals surface area contributed by atoms with Crippen LogP contribution in [0.2, 0.25) is 0 Å². The normalized spacial score (nSPS) is 13.5. The molecular weight excluding hydrogens is 402 g/mol. The highest BCUT2D eigenvalue weighted by atomic mass is 16.1. The average molecular weight is 428 g/mol. The minimum absolute atomic E-state index is 0.0204. The molecule has 1 aliphatic carbocycles. The van der Waals surface area contributed by atoms with Gasteiger partial charge in [0.2, 0.25) is 0 Å². The van der Waals surface area contributed by atoms with Gasteiger partial charge in [0.25, 0.3) is 5.91 Å². The van der Waals surface area contributed by atoms with Crippen LogP contribution in [0.1, 0.15) is 37.0 Å². The van der Waals surface area contributed by atoms with E-state index in [9.17, 15) is 4.79 Å². The zero-order valence-electron chi connectivity index (χ0n) is 18.1. The molecule has 0 unspecified atom stereocenters. The van der Waals surface area contributed by atoms with Crippen LogP contribution in [0.25, 0.3) is 28.2 Å². The number of nitrogens with one attached hydrogen (secondary N) is 2. The summed E-state index contributed by atoms with van der Waals surface area (Å²) in [5, 5.41) is 6.45. The molecule has 1 aliphatic rings. The maximum absolute atomic E-state index is 12.3. The molecule has 1 fully saturated rings. The quantitative estimate of drug-likeness (QED) is 0.465. The summed E-state index contributed by atoms with van der Waals surface area (Å²) in [6.07, 6.45) is 10.9. The number of benzene rings is 1. The third-order valence-electron chi connectivity index (χ3n) is 5.38. The third kappa shape index (κ3) is 4.16. The van der Waals surface area contributed by atoms with Crippen molar-refractivity contribution >= 4 is 17.4 Å². The number of nitrogens with zero attached hydrogens (tertiary/aromatic N) is 5. The van der Waals surface area contributed by atoms with Crippen LogP contribution >= 0.6 is 0 Å². The highest BCUT2D eigenvalue weighted by Gasteiger charge is 2.23. The standard InChI is InChI=1S/C24H25N7O/c1-15(2)9-27-22-23-28-12-21(31(23)13-20(30-22)18-10-25-14-26-11-18)16-3-5-17(6-4-16)24(32)29-19-7-8-19/h3-6,10-15,19H,7-9H2,1-2H3,(H,27,30)(H,29,32). The first-order valence-electron chi connectivity index (χ1n) is 10.9. The Labute approximate surface area is 186 Å². The molecule has 0 spiro atoms. The van der Waals surface area contributed by atoms with Gasteiger partial charge in [0.05, 0.1) is 17.6 Å². The van der Waals surface area contributed by atoms with Crippen molar-refractivity contribution in [1.82, 2.24) is 29.7 Å². The fraction of sp³-hybridized carbons (Fsp3) is 0.292. The topological polar surface area (TPSA) is 97.1 Å². The highest BCUT2D eigenvalue weighted by Crippen LogP contribution is 2.28. The number of aromatic nitrogens is 5. The second kappa shape index (κ2) is 8.37. The van der Waals surface area contributed by atoms with Gasteiger partial charge < -0.3 is 10.6 Å². The van der Waals surface area contributed by atoms with Gasteiger partial charge in [-0.3, -0.25) is 9.20 Å². The number of fused-ring (bicyclic) bond motifs is 1. The van der Waals surface area contributed by atoms with Gasteiger partial charge in [-0.25, -0.2) is 19.9 Å². The lowest BCUT2D eigenvalue weighted by molar-refractivity contribution is 0.0951. The smallest absolute Gasteiger partial charge is 0.251 e. The number of imidazole rings is 1. The molecule has 1 amide bonds. The average Bonchev–Trinajstić information content (AvgIpc) is 3.53. The van der Waals surface area contributed by atoms with Crippen LogP contribution in [0, 0.1) is 5.92 Å². The van der Waals surface area contributed by atoms with E-state index in [1.54, 1.807) is 12.4 Å². The van der Waals surface area contributed by atoms with Gasteiger partial charge >= 0.3 is 0 Å². The number of anilines is 1. The monoisotopic (exact) mass is 427 g/mol. The zero-order valence-corrected chi connectivity index (χ0v) is 18.1. The molecule has 3 aromatic heterocycles. The summed E-state index contributed by atoms with van der Waals surface area (Å²) in [7, 11) is 0. The molecule has 0 bridgehead atoms. The maximum Gasteiger partial charge on any atom is 0.251 e. The summed E-state index contributed by atoms with van der Waals surface area (Å²) >= 11 is 0. The van der Waals surface area contributed by atoms with E-state index in [1.807, 2.05) is 41.1 Å². The molecule has 0 aliphatic heterocycles. The predicted octanol–water partition coefficient (Wildman–Crippen LogP) is 3.81. The van der Waals surface area contributed by atoms with Crippen molar-refractivity contribution in [2.45, 2.75) is 32.7 Å². The van der Waals surface area contributed by atoms with Crippen molar-refractivity contribution in [2.75, 3.05) is 11.9 Å². The molecule has 0 atom stereocenters. The van der Waals surface area contributed by atoms with E-state index < -0.39 is 0 Å². The SMILES string of the molecule is CC(C)CNc1nc(-c2cncnc2)cn2c(-c3ccc(C(=O)NC4CC4)cc3)cnc12. The Morgan fingerprint density at radius 1 is 1.09 bits per heavy atom. The fourth-order valence-corrected chi connectivity index (χ4v) is 3.48. The first kappa shape index (κ1) is 20.1. The van der Waals surface area contributed by atoms with Gasteiger partial charge in [-0.05, 0) is 30.9 Å². The van der Waals surface area contributed by atoms with Crippen LogP contribution in [0.15, 0.2) is 55.4 Å². The van der Waals surface area contributed by atoms with Crippen molar-refractivity contribution in [3.8, 4) is 22.5 Å². The number of hydrogen-bond acceptors (Lipinski definition) is 6. The van der Waals surface area contributed by atoms with Crippen molar-refractivity contribution in [3.05, 3.63) is 60.9 Å². The van der Waals surface area contributed by atoms with Crippen molar-refractivity contribution in [2.24, 2.45) is 5.92 Å². The summed E-state index contributed by atoms with van der Waals surface area (Å²) < 4.78 is 2.03. The Bertz CT molecular complexity index is 1240. The Morgan fingerprint density at radius 2 is 1.84 bits per heavy atom. The Balaban J connectivity index is 1.54. The Kier molecular flexibility index (Phi) is 5.26. The molecule has 32 heavy (non-hydrogen) atoms. The molecule has 3 heterocycles. The van der Waals surface area contributed by atoms with E-state index >= 15 is 0 Å². The molecular formula is C24H25N7O. The van der Waals surface area contributed by atoms with Gasteiger partial charge in [-0.2, -0.15) is 0 Å². The van der Waals surface area contributed by atoms with Gasteiger partial charge in [-0.15, -0.1) is 0 Å². The molecule has 0 saturated heterocycles. The van der Waals surface area contributed by atoms with Crippen molar-refractivity contribution < 1.29 is 4.79 Å². The molecule has 0 radical (unpaired) electrons. The molecule has 162 valence electrons. The maximum atomic E-state index is 12.3. The number of carbonyl (C=O) groups excluding carboxylic acids is 1. The summed E-state index contributed by atoms with van der Waals surface area (Å²) in [6.45, 7) is 5.08. The first-order valence-corrected chi connectivity index (χ1v) is 10.9. The van der Waals surface area contributed by atoms with E-state index in [1.165, 1.54) is 6.33 Å². The zero-order chi connectivity index (χ0) is 22.1. The third-order valence-corrected chi connectivity index (χ3v) is 5.38. The number of hydrogen-bond donors (Lipinski definition) is 2. The fourth-order valence-electron chi connectivity index (χ4n) is 3.48. The van der Waals surface area contributed by atoms with Gasteiger partial charge in [0, 0.05) is 47.9 Å². The summed E-state index contributed by atoms with van der Waals surface area (Å²) in [4.78, 5) is 30.0. The Hall–Kier alpha value is -3.81. The molecule has 8 nitrogen and oxygen atoms in total. The summed E-state index contributed by atoms with van der Waals surface area (Å²) in [6, 6.07) is 7.97. The minimum Gasteiger partial charge on any atom is -0.367 e. The van der Waals surface area contributed by atoms with Crippen LogP contribution in [0.5, 0.6) is 0 Å². The van der Waals surface area contributed by atoms with Crippen LogP contribution < -0.4 is 10.6 Å². The van der Waals surface area contributed by atoms with Crippen LogP contribution in [-0.4, -0.2) is 42.8 Å². The number of amides is 1. The lowest BCUT2D eigenvalue weighted by Gasteiger charge is -2.12. The Morgan fingerprint density at radius 3 is 2.53 bits per heavy atom. The highest BCUT2D eigenvalue weighted by molar-refractivity contribution is 5.95. The van der Waals surface area contributed by atoms with Gasteiger partial charge in [0.15, 0.2) is 11.5 Å². The first-order chi connectivity index (χ1) is 15.6. The van der Waals surface area contributed by atoms with E-state index in [-0.39, 0.29) is 5.91 Å². The lowest BCUT2D eigenvalue weighted by atomic mass is 10.1. The van der Waals surface area contributed by atoms with Crippen molar-refractivity contribution in [1.29, 1.82) is 0 Å². The second-order valence-electron chi connectivity index (χ2n) is 8.54. The number of carbonyl (C=O) groups is 1. The van der Waals surface area contributed by atoms with E-state index in [0.29, 0.717) is 23.3 Å². The number of rotatable bonds is 7. The van der Waals surface area contributed by atoms with Crippen LogP contribution in [0.4, 0.5) is 5.82 Å². The molecule has 1 aromatic carbocycles. The van der Waals surface area contributed by atoms with E-state index in [4.69, 9.17) is 4.98 Å².